The van der Waals surface area contributed by atoms with Crippen molar-refractivity contribution in [3.8, 4) is 0 Å². The van der Waals surface area contributed by atoms with Gasteiger partial charge in [0.2, 0.25) is 0 Å². The molecule has 0 aromatic carbocycles. The van der Waals surface area contributed by atoms with Gasteiger partial charge in [-0.25, -0.2) is 4.79 Å². The third kappa shape index (κ3) is 2.17. The van der Waals surface area contributed by atoms with Gasteiger partial charge in [0.05, 0.1) is 6.04 Å². The fraction of sp³-hybridized carbons (Fsp3) is 0.846. The van der Waals surface area contributed by atoms with Gasteiger partial charge in [0.1, 0.15) is 11.6 Å². The van der Waals surface area contributed by atoms with E-state index >= 15 is 0 Å². The molecule has 2 rings (SSSR count). The van der Waals surface area contributed by atoms with Gasteiger partial charge >= 0.3 is 6.09 Å². The van der Waals surface area contributed by atoms with E-state index in [1.54, 1.807) is 4.90 Å². The Hall–Kier alpha value is -1.06. The highest BCUT2D eigenvalue weighted by Gasteiger charge is 2.64. The van der Waals surface area contributed by atoms with Gasteiger partial charge in [-0.15, -0.1) is 0 Å². The largest absolute Gasteiger partial charge is 0.444 e. The molecular weight excluding hydrogens is 218 g/mol. The van der Waals surface area contributed by atoms with E-state index < -0.39 is 5.60 Å². The Balaban J connectivity index is 2.10. The van der Waals surface area contributed by atoms with Crippen molar-refractivity contribution in [2.24, 2.45) is 5.41 Å². The summed E-state index contributed by atoms with van der Waals surface area (Å²) in [6.45, 7) is 9.74. The maximum atomic E-state index is 12.0. The summed E-state index contributed by atoms with van der Waals surface area (Å²) in [4.78, 5) is 25.3. The van der Waals surface area contributed by atoms with E-state index in [0.717, 1.165) is 6.42 Å². The van der Waals surface area contributed by atoms with Crippen LogP contribution in [0.25, 0.3) is 0 Å². The predicted octanol–water partition coefficient (Wildman–Crippen LogP) is 2.36. The van der Waals surface area contributed by atoms with E-state index in [1.165, 1.54) is 0 Å². The molecule has 17 heavy (non-hydrogen) atoms. The van der Waals surface area contributed by atoms with E-state index in [4.69, 9.17) is 4.74 Å². The van der Waals surface area contributed by atoms with Crippen molar-refractivity contribution in [1.82, 2.24) is 4.90 Å². The Kier molecular flexibility index (Phi) is 2.53. The maximum absolute atomic E-state index is 12.0. The number of hydrogen-bond donors (Lipinski definition) is 0. The van der Waals surface area contributed by atoms with Crippen molar-refractivity contribution in [2.45, 2.75) is 65.1 Å². The van der Waals surface area contributed by atoms with Crippen LogP contribution in [0.4, 0.5) is 4.79 Å². The maximum Gasteiger partial charge on any atom is 0.411 e. The van der Waals surface area contributed by atoms with Crippen molar-refractivity contribution in [3.63, 3.8) is 0 Å². The minimum atomic E-state index is -0.504. The van der Waals surface area contributed by atoms with Crippen LogP contribution in [0.3, 0.4) is 0 Å². The van der Waals surface area contributed by atoms with Crippen molar-refractivity contribution >= 4 is 11.9 Å². The highest BCUT2D eigenvalue weighted by molar-refractivity contribution is 5.94. The number of ether oxygens (including phenoxy) is 1. The molecule has 0 N–H and O–H groups in total. The zero-order valence-electron chi connectivity index (χ0n) is 11.2. The van der Waals surface area contributed by atoms with Crippen LogP contribution in [0.5, 0.6) is 0 Å². The summed E-state index contributed by atoms with van der Waals surface area (Å²) in [5.74, 6) is 0.181. The highest BCUT2D eigenvalue weighted by atomic mass is 16.6. The summed E-state index contributed by atoms with van der Waals surface area (Å²) < 4.78 is 5.33. The molecule has 2 atom stereocenters. The molecule has 1 heterocycles. The number of hydrogen-bond acceptors (Lipinski definition) is 3. The third-order valence-corrected chi connectivity index (χ3v) is 3.56. The third-order valence-electron chi connectivity index (χ3n) is 3.56. The lowest BCUT2D eigenvalue weighted by molar-refractivity contribution is -0.120. The van der Waals surface area contributed by atoms with Crippen molar-refractivity contribution in [2.75, 3.05) is 0 Å². The number of fused-ring (bicyclic) bond motifs is 1. The Bertz CT molecular complexity index is 367. The van der Waals surface area contributed by atoms with E-state index in [0.29, 0.717) is 6.42 Å². The van der Waals surface area contributed by atoms with Gasteiger partial charge in [0, 0.05) is 6.42 Å². The molecule has 1 amide bonds. The zero-order valence-corrected chi connectivity index (χ0v) is 11.2. The van der Waals surface area contributed by atoms with Crippen LogP contribution in [0.2, 0.25) is 0 Å². The van der Waals surface area contributed by atoms with Gasteiger partial charge < -0.3 is 4.74 Å². The Morgan fingerprint density at radius 1 is 1.41 bits per heavy atom. The summed E-state index contributed by atoms with van der Waals surface area (Å²) in [7, 11) is 0. The van der Waals surface area contributed by atoms with Gasteiger partial charge in [-0.1, -0.05) is 13.8 Å². The molecule has 0 aromatic rings. The molecular formula is C13H21NO3. The quantitative estimate of drug-likeness (QED) is 0.610. The molecule has 1 aliphatic carbocycles. The monoisotopic (exact) mass is 239 g/mol. The molecule has 2 fully saturated rings. The molecule has 0 spiro atoms. The number of nitrogens with zero attached hydrogens (tertiary/aromatic N) is 1. The molecule has 0 unspecified atom stereocenters. The van der Waals surface area contributed by atoms with Crippen LogP contribution in [0, 0.1) is 5.41 Å². The van der Waals surface area contributed by atoms with Gasteiger partial charge in [-0.05, 0) is 32.6 Å². The fourth-order valence-corrected chi connectivity index (χ4v) is 2.65. The number of rotatable bonds is 0. The van der Waals surface area contributed by atoms with Crippen LogP contribution >= 0.6 is 0 Å². The molecule has 1 aliphatic heterocycles. The number of carbonyl (C=O) groups excluding carboxylic acids is 2. The molecule has 2 aliphatic rings. The van der Waals surface area contributed by atoms with Crippen molar-refractivity contribution in [1.29, 1.82) is 0 Å². The van der Waals surface area contributed by atoms with Crippen LogP contribution in [0.15, 0.2) is 0 Å². The highest BCUT2D eigenvalue weighted by Crippen LogP contribution is 2.49. The van der Waals surface area contributed by atoms with Crippen LogP contribution < -0.4 is 0 Å². The van der Waals surface area contributed by atoms with Crippen molar-refractivity contribution in [3.05, 3.63) is 0 Å². The zero-order chi connectivity index (χ0) is 13.0. The van der Waals surface area contributed by atoms with Gasteiger partial charge in [-0.3, -0.25) is 9.69 Å². The van der Waals surface area contributed by atoms with E-state index in [-0.39, 0.29) is 29.4 Å². The number of amides is 1. The molecule has 96 valence electrons. The average molecular weight is 239 g/mol. The average Bonchev–Trinajstić information content (AvgIpc) is 2.85. The molecule has 1 saturated heterocycles. The second-order valence-electron chi connectivity index (χ2n) is 6.73. The lowest BCUT2D eigenvalue weighted by atomic mass is 9.77. The molecule has 0 aromatic heterocycles. The first-order valence-corrected chi connectivity index (χ1v) is 6.17. The molecule has 0 bridgehead atoms. The Morgan fingerprint density at radius 2 is 2.00 bits per heavy atom. The van der Waals surface area contributed by atoms with E-state index in [9.17, 15) is 9.59 Å². The number of likely N-dealkylation sites (tertiary alicyclic amines) is 1. The van der Waals surface area contributed by atoms with E-state index in [1.807, 2.05) is 20.8 Å². The SMILES string of the molecule is CC(C)(C)OC(=O)N1[C@H]2[C@@H]1C(=O)CCC2(C)C. The number of Topliss-reactive ketones (excluding diaryl/α,β-unsaturated/α-hetero) is 1. The van der Waals surface area contributed by atoms with Crippen LogP contribution in [-0.4, -0.2) is 34.5 Å². The minimum absolute atomic E-state index is 0.0233. The van der Waals surface area contributed by atoms with Gasteiger partial charge in [0.15, 0.2) is 5.78 Å². The van der Waals surface area contributed by atoms with Crippen molar-refractivity contribution < 1.29 is 14.3 Å². The molecule has 1 saturated carbocycles. The molecule has 0 radical (unpaired) electrons. The Morgan fingerprint density at radius 3 is 2.47 bits per heavy atom. The smallest absolute Gasteiger partial charge is 0.411 e. The van der Waals surface area contributed by atoms with Gasteiger partial charge in [-0.2, -0.15) is 0 Å². The molecule has 4 heteroatoms. The molecule has 4 nitrogen and oxygen atoms in total. The summed E-state index contributed by atoms with van der Waals surface area (Å²) in [5.41, 5.74) is -0.481. The fourth-order valence-electron chi connectivity index (χ4n) is 2.65. The number of carbonyl (C=O) groups is 2. The number of ketones is 1. The second-order valence-corrected chi connectivity index (χ2v) is 6.73. The second kappa shape index (κ2) is 3.47. The first kappa shape index (κ1) is 12.4. The van der Waals surface area contributed by atoms with Gasteiger partial charge in [0.25, 0.3) is 0 Å². The predicted molar refractivity (Wildman–Crippen MR) is 63.7 cm³/mol. The van der Waals surface area contributed by atoms with Crippen LogP contribution in [-0.2, 0) is 9.53 Å². The lowest BCUT2D eigenvalue weighted by Gasteiger charge is -2.26. The first-order chi connectivity index (χ1) is 7.63. The minimum Gasteiger partial charge on any atom is -0.444 e. The normalized spacial score (nSPS) is 30.9. The summed E-state index contributed by atoms with van der Waals surface area (Å²) in [6, 6.07) is -0.188. The summed E-state index contributed by atoms with van der Waals surface area (Å²) in [5, 5.41) is 0. The first-order valence-electron chi connectivity index (χ1n) is 6.17. The standard InChI is InChI=1S/C13H21NO3/c1-12(2,3)17-11(16)14-9-8(15)6-7-13(4,5)10(9)14/h9-10H,6-7H2,1-5H3/t9-,10-,14?/m0/s1. The summed E-state index contributed by atoms with van der Waals surface area (Å²) in [6.07, 6.45) is 1.08. The summed E-state index contributed by atoms with van der Waals surface area (Å²) >= 11 is 0. The van der Waals surface area contributed by atoms with Crippen LogP contribution in [0.1, 0.15) is 47.5 Å². The Labute approximate surface area is 102 Å². The topological polar surface area (TPSA) is 46.4 Å². The lowest BCUT2D eigenvalue weighted by Crippen LogP contribution is -2.31. The van der Waals surface area contributed by atoms with E-state index in [2.05, 4.69) is 13.8 Å².